The maximum atomic E-state index is 11.5. The molecule has 1 aromatic rings. The average molecular weight is 225 g/mol. The van der Waals surface area contributed by atoms with Crippen molar-refractivity contribution in [3.63, 3.8) is 0 Å². The Balaban J connectivity index is 2.42. The summed E-state index contributed by atoms with van der Waals surface area (Å²) < 4.78 is 0. The highest BCUT2D eigenvalue weighted by Crippen LogP contribution is 2.26. The van der Waals surface area contributed by atoms with E-state index in [0.717, 1.165) is 5.56 Å². The van der Waals surface area contributed by atoms with E-state index in [1.54, 1.807) is 18.2 Å². The molecule has 4 nitrogen and oxygen atoms in total. The van der Waals surface area contributed by atoms with Crippen LogP contribution in [0.25, 0.3) is 0 Å². The van der Waals surface area contributed by atoms with Gasteiger partial charge < -0.3 is 10.4 Å². The molecule has 0 saturated heterocycles. The first-order chi connectivity index (χ1) is 7.22. The number of fused-ring (bicyclic) bond motifs is 1. The molecule has 1 amide bonds. The van der Waals surface area contributed by atoms with Crippen LogP contribution >= 0.6 is 11.6 Å². The lowest BCUT2D eigenvalue weighted by Crippen LogP contribution is -2.15. The van der Waals surface area contributed by atoms with Gasteiger partial charge in [-0.3, -0.25) is 9.79 Å². The quantitative estimate of drug-likeness (QED) is 0.790. The summed E-state index contributed by atoms with van der Waals surface area (Å²) in [5, 5.41) is 11.9. The van der Waals surface area contributed by atoms with E-state index in [4.69, 9.17) is 16.7 Å². The lowest BCUT2D eigenvalue weighted by Gasteiger charge is -1.97. The molecule has 0 aliphatic carbocycles. The van der Waals surface area contributed by atoms with Gasteiger partial charge in [0.05, 0.1) is 18.8 Å². The van der Waals surface area contributed by atoms with Crippen molar-refractivity contribution in [3.8, 4) is 0 Å². The lowest BCUT2D eigenvalue weighted by molar-refractivity contribution is -0.110. The second-order valence-electron chi connectivity index (χ2n) is 3.10. The Hall–Kier alpha value is -1.39. The summed E-state index contributed by atoms with van der Waals surface area (Å²) in [5.41, 5.74) is 1.76. The number of carbonyl (C=O) groups excluding carboxylic acids is 1. The molecule has 15 heavy (non-hydrogen) atoms. The van der Waals surface area contributed by atoms with Crippen LogP contribution in [0.4, 0.5) is 5.69 Å². The molecule has 1 aliphatic rings. The van der Waals surface area contributed by atoms with E-state index in [1.807, 2.05) is 0 Å². The van der Waals surface area contributed by atoms with Crippen LogP contribution in [0.2, 0.25) is 5.02 Å². The maximum absolute atomic E-state index is 11.5. The molecule has 1 aliphatic heterocycles. The summed E-state index contributed by atoms with van der Waals surface area (Å²) in [6, 6.07) is 5.12. The standard InChI is InChI=1S/C10H9ClN2O2/c11-6-1-2-7-8(5-6)13-10(15)9(7)12-3-4-14/h1-2,5,14H,3-4H2,(H,12,13,15). The second-order valence-corrected chi connectivity index (χ2v) is 3.53. The number of aliphatic imine (C=N–C) groups is 1. The number of aliphatic hydroxyl groups is 1. The summed E-state index contributed by atoms with van der Waals surface area (Å²) >= 11 is 5.79. The van der Waals surface area contributed by atoms with Gasteiger partial charge in [-0.15, -0.1) is 0 Å². The van der Waals surface area contributed by atoms with Gasteiger partial charge in [0.2, 0.25) is 0 Å². The first kappa shape index (κ1) is 10.1. The third-order valence-corrected chi connectivity index (χ3v) is 2.31. The van der Waals surface area contributed by atoms with Crippen molar-refractivity contribution < 1.29 is 9.90 Å². The van der Waals surface area contributed by atoms with Crippen molar-refractivity contribution in [1.29, 1.82) is 0 Å². The van der Waals surface area contributed by atoms with Crippen LogP contribution in [0.15, 0.2) is 23.2 Å². The van der Waals surface area contributed by atoms with Crippen molar-refractivity contribution in [3.05, 3.63) is 28.8 Å². The fourth-order valence-electron chi connectivity index (χ4n) is 1.45. The number of hydrogen-bond donors (Lipinski definition) is 2. The molecule has 0 fully saturated rings. The molecule has 2 N–H and O–H groups in total. The van der Waals surface area contributed by atoms with Gasteiger partial charge >= 0.3 is 0 Å². The minimum absolute atomic E-state index is 0.0697. The normalized spacial score (nSPS) is 16.7. The predicted octanol–water partition coefficient (Wildman–Crippen LogP) is 1.07. The minimum atomic E-state index is -0.249. The van der Waals surface area contributed by atoms with Crippen molar-refractivity contribution in [2.24, 2.45) is 4.99 Å². The van der Waals surface area contributed by atoms with Gasteiger partial charge in [-0.1, -0.05) is 11.6 Å². The molecule has 78 valence electrons. The zero-order valence-electron chi connectivity index (χ0n) is 7.83. The Labute approximate surface area is 91.6 Å². The topological polar surface area (TPSA) is 61.7 Å². The monoisotopic (exact) mass is 224 g/mol. The van der Waals surface area contributed by atoms with Crippen LogP contribution < -0.4 is 5.32 Å². The first-order valence-electron chi connectivity index (χ1n) is 4.49. The summed E-state index contributed by atoms with van der Waals surface area (Å²) in [6.45, 7) is 0.157. The van der Waals surface area contributed by atoms with Gasteiger partial charge in [0.15, 0.2) is 0 Å². The summed E-state index contributed by atoms with van der Waals surface area (Å²) in [7, 11) is 0. The number of anilines is 1. The van der Waals surface area contributed by atoms with Gasteiger partial charge in [-0.2, -0.15) is 0 Å². The van der Waals surface area contributed by atoms with Crippen LogP contribution in [0.5, 0.6) is 0 Å². The summed E-state index contributed by atoms with van der Waals surface area (Å²) in [4.78, 5) is 15.5. The number of halogens is 1. The Morgan fingerprint density at radius 1 is 1.47 bits per heavy atom. The van der Waals surface area contributed by atoms with E-state index in [2.05, 4.69) is 10.3 Å². The summed E-state index contributed by atoms with van der Waals surface area (Å²) in [5.74, 6) is -0.249. The van der Waals surface area contributed by atoms with Crippen LogP contribution in [0, 0.1) is 0 Å². The molecule has 1 aromatic carbocycles. The number of nitrogens with one attached hydrogen (secondary N) is 1. The number of amides is 1. The molecule has 0 aromatic heterocycles. The molecule has 1 heterocycles. The average Bonchev–Trinajstić information content (AvgIpc) is 2.50. The van der Waals surface area contributed by atoms with E-state index in [1.165, 1.54) is 0 Å². The third-order valence-electron chi connectivity index (χ3n) is 2.07. The van der Waals surface area contributed by atoms with E-state index >= 15 is 0 Å². The molecule has 0 unspecified atom stereocenters. The molecule has 0 radical (unpaired) electrons. The van der Waals surface area contributed by atoms with Gasteiger partial charge in [-0.25, -0.2) is 0 Å². The number of carbonyl (C=O) groups is 1. The van der Waals surface area contributed by atoms with Crippen LogP contribution in [0.3, 0.4) is 0 Å². The maximum Gasteiger partial charge on any atom is 0.274 e. The molecule has 2 rings (SSSR count). The third kappa shape index (κ3) is 1.86. The lowest BCUT2D eigenvalue weighted by atomic mass is 10.1. The number of rotatable bonds is 2. The predicted molar refractivity (Wildman–Crippen MR) is 58.6 cm³/mol. The Morgan fingerprint density at radius 2 is 2.27 bits per heavy atom. The number of hydrogen-bond acceptors (Lipinski definition) is 3. The fourth-order valence-corrected chi connectivity index (χ4v) is 1.62. The van der Waals surface area contributed by atoms with Crippen molar-refractivity contribution in [2.75, 3.05) is 18.5 Å². The highest BCUT2D eigenvalue weighted by molar-refractivity contribution is 6.54. The first-order valence-corrected chi connectivity index (χ1v) is 4.87. The van der Waals surface area contributed by atoms with Crippen molar-refractivity contribution in [2.45, 2.75) is 0 Å². The Bertz CT molecular complexity index is 443. The fraction of sp³-hybridized carbons (Fsp3) is 0.200. The van der Waals surface area contributed by atoms with Gasteiger partial charge in [0, 0.05) is 10.6 Å². The van der Waals surface area contributed by atoms with E-state index in [-0.39, 0.29) is 19.1 Å². The number of nitrogens with zero attached hydrogens (tertiary/aromatic N) is 1. The van der Waals surface area contributed by atoms with E-state index < -0.39 is 0 Å². The van der Waals surface area contributed by atoms with E-state index in [0.29, 0.717) is 16.4 Å². The van der Waals surface area contributed by atoms with Crippen LogP contribution in [0.1, 0.15) is 5.56 Å². The minimum Gasteiger partial charge on any atom is -0.394 e. The Kier molecular flexibility index (Phi) is 2.70. The second kappa shape index (κ2) is 4.00. The molecule has 0 atom stereocenters. The number of benzene rings is 1. The zero-order chi connectivity index (χ0) is 10.8. The van der Waals surface area contributed by atoms with Gasteiger partial charge in [-0.05, 0) is 18.2 Å². The Morgan fingerprint density at radius 3 is 3.00 bits per heavy atom. The number of aliphatic hydroxyl groups excluding tert-OH is 1. The molecule has 0 saturated carbocycles. The molecular formula is C10H9ClN2O2. The smallest absolute Gasteiger partial charge is 0.274 e. The van der Waals surface area contributed by atoms with Crippen LogP contribution in [-0.4, -0.2) is 29.9 Å². The van der Waals surface area contributed by atoms with Crippen molar-refractivity contribution >= 4 is 28.9 Å². The van der Waals surface area contributed by atoms with Gasteiger partial charge in [0.1, 0.15) is 5.71 Å². The summed E-state index contributed by atoms with van der Waals surface area (Å²) in [6.07, 6.45) is 0. The van der Waals surface area contributed by atoms with E-state index in [9.17, 15) is 4.79 Å². The van der Waals surface area contributed by atoms with Gasteiger partial charge in [0.25, 0.3) is 5.91 Å². The molecule has 0 spiro atoms. The molecule has 5 heteroatoms. The zero-order valence-corrected chi connectivity index (χ0v) is 8.58. The largest absolute Gasteiger partial charge is 0.394 e. The molecule has 0 bridgehead atoms. The van der Waals surface area contributed by atoms with Crippen molar-refractivity contribution in [1.82, 2.24) is 0 Å². The SMILES string of the molecule is O=C1Nc2cc(Cl)ccc2C1=NCCO. The highest BCUT2D eigenvalue weighted by atomic mass is 35.5. The highest BCUT2D eigenvalue weighted by Gasteiger charge is 2.25. The molecular weight excluding hydrogens is 216 g/mol. The van der Waals surface area contributed by atoms with Crippen LogP contribution in [-0.2, 0) is 4.79 Å².